The first-order valence-corrected chi connectivity index (χ1v) is 3.10. The van der Waals surface area contributed by atoms with Gasteiger partial charge in [-0.05, 0) is 0 Å². The van der Waals surface area contributed by atoms with Crippen LogP contribution in [0, 0.1) is 0 Å². The first kappa shape index (κ1) is 7.42. The lowest BCUT2D eigenvalue weighted by molar-refractivity contribution is 0.197. The van der Waals surface area contributed by atoms with E-state index in [2.05, 4.69) is 0 Å². The largest absolute Gasteiger partial charge is 0.465 e. The van der Waals surface area contributed by atoms with E-state index in [1.807, 2.05) is 0 Å². The molecule has 0 heterocycles. The number of carbonyl (C=O) groups is 1. The maximum atomic E-state index is 9.64. The molecule has 0 bridgehead atoms. The molecule has 0 rings (SSSR count). The second-order valence-corrected chi connectivity index (χ2v) is 2.27. The van der Waals surface area contributed by atoms with Gasteiger partial charge in [-0.3, -0.25) is 0 Å². The molecule has 0 aliphatic heterocycles. The summed E-state index contributed by atoms with van der Waals surface area (Å²) in [5, 5.41) is 8.61. The summed E-state index contributed by atoms with van der Waals surface area (Å²) in [6.07, 6.45) is -1.74. The Labute approximate surface area is 44.4 Å². The van der Waals surface area contributed by atoms with Crippen molar-refractivity contribution in [1.82, 2.24) is 5.09 Å². The minimum Gasteiger partial charge on any atom is -0.465 e. The minimum atomic E-state index is -4.57. The van der Waals surface area contributed by atoms with Gasteiger partial charge in [0.1, 0.15) is 0 Å². The third kappa shape index (κ3) is 5.42. The van der Waals surface area contributed by atoms with Crippen LogP contribution in [0.4, 0.5) is 4.79 Å². The molecule has 4 N–H and O–H groups in total. The van der Waals surface area contributed by atoms with Crippen molar-refractivity contribution in [1.29, 1.82) is 0 Å². The third-order valence-corrected chi connectivity index (χ3v) is 0.724. The zero-order chi connectivity index (χ0) is 6.78. The predicted octanol–water partition coefficient (Wildman–Crippen LogP) is -0.653. The molecule has 6 nitrogen and oxygen atoms in total. The van der Waals surface area contributed by atoms with E-state index in [0.29, 0.717) is 0 Å². The fourth-order valence-corrected chi connectivity index (χ4v) is 0.374. The van der Waals surface area contributed by atoms with Gasteiger partial charge in [0, 0.05) is 0 Å². The highest BCUT2D eigenvalue weighted by Crippen LogP contribution is 2.27. The van der Waals surface area contributed by atoms with Gasteiger partial charge < -0.3 is 14.9 Å². The van der Waals surface area contributed by atoms with E-state index >= 15 is 0 Å². The van der Waals surface area contributed by atoms with E-state index < -0.39 is 13.8 Å². The molecular weight excluding hydrogens is 137 g/mol. The molecule has 7 heteroatoms. The van der Waals surface area contributed by atoms with Crippen LogP contribution in [-0.2, 0) is 4.57 Å². The van der Waals surface area contributed by atoms with Gasteiger partial charge in [-0.1, -0.05) is 0 Å². The van der Waals surface area contributed by atoms with Crippen LogP contribution in [0.1, 0.15) is 0 Å². The molecule has 0 aliphatic carbocycles. The van der Waals surface area contributed by atoms with Crippen LogP contribution in [0.2, 0.25) is 0 Å². The summed E-state index contributed by atoms with van der Waals surface area (Å²) in [5.41, 5.74) is 0. The molecular formula is CH4NO5P. The summed E-state index contributed by atoms with van der Waals surface area (Å²) < 4.78 is 9.64. The molecule has 8 heavy (non-hydrogen) atoms. The lowest BCUT2D eigenvalue weighted by Gasteiger charge is -1.98. The number of hydrogen-bond acceptors (Lipinski definition) is 2. The third-order valence-electron chi connectivity index (χ3n) is 0.241. The Morgan fingerprint density at radius 2 is 1.88 bits per heavy atom. The van der Waals surface area contributed by atoms with Crippen molar-refractivity contribution >= 4 is 13.8 Å². The molecule has 0 aliphatic rings. The minimum absolute atomic E-state index is 0.965. The van der Waals surface area contributed by atoms with E-state index in [9.17, 15) is 9.36 Å². The van der Waals surface area contributed by atoms with E-state index in [4.69, 9.17) is 14.9 Å². The van der Waals surface area contributed by atoms with Crippen LogP contribution >= 0.6 is 7.75 Å². The predicted molar refractivity (Wildman–Crippen MR) is 23.2 cm³/mol. The van der Waals surface area contributed by atoms with Crippen molar-refractivity contribution in [2.24, 2.45) is 0 Å². The van der Waals surface area contributed by atoms with E-state index in [-0.39, 0.29) is 0 Å². The number of rotatable bonds is 1. The van der Waals surface area contributed by atoms with Crippen LogP contribution in [0.15, 0.2) is 0 Å². The van der Waals surface area contributed by atoms with Gasteiger partial charge in [0.2, 0.25) is 0 Å². The van der Waals surface area contributed by atoms with E-state index in [1.165, 1.54) is 0 Å². The highest BCUT2D eigenvalue weighted by molar-refractivity contribution is 7.50. The van der Waals surface area contributed by atoms with Gasteiger partial charge in [-0.25, -0.2) is 14.4 Å². The van der Waals surface area contributed by atoms with Crippen molar-refractivity contribution in [3.8, 4) is 0 Å². The second kappa shape index (κ2) is 2.13. The van der Waals surface area contributed by atoms with Crippen LogP contribution in [0.25, 0.3) is 0 Å². The monoisotopic (exact) mass is 141 g/mol. The van der Waals surface area contributed by atoms with E-state index in [1.54, 1.807) is 0 Å². The Morgan fingerprint density at radius 1 is 1.50 bits per heavy atom. The van der Waals surface area contributed by atoms with E-state index in [0.717, 1.165) is 5.09 Å². The Hall–Kier alpha value is -0.580. The van der Waals surface area contributed by atoms with Gasteiger partial charge in [0.25, 0.3) is 0 Å². The fourth-order valence-electron chi connectivity index (χ4n) is 0.125. The second-order valence-electron chi connectivity index (χ2n) is 0.961. The lowest BCUT2D eigenvalue weighted by atomic mass is 11.3. The fraction of sp³-hybridized carbons (Fsp3) is 0. The lowest BCUT2D eigenvalue weighted by Crippen LogP contribution is -2.16. The molecule has 0 radical (unpaired) electrons. The summed E-state index contributed by atoms with van der Waals surface area (Å²) in [5.74, 6) is 0. The van der Waals surface area contributed by atoms with Gasteiger partial charge >= 0.3 is 13.8 Å². The molecule has 0 spiro atoms. The molecule has 0 aromatic heterocycles. The van der Waals surface area contributed by atoms with Crippen molar-refractivity contribution in [2.75, 3.05) is 0 Å². The van der Waals surface area contributed by atoms with Crippen molar-refractivity contribution in [2.45, 2.75) is 0 Å². The molecule has 0 unspecified atom stereocenters. The SMILES string of the molecule is O=C(O)NP(=O)(O)O. The number of nitrogens with one attached hydrogen (secondary N) is 1. The first-order valence-electron chi connectivity index (χ1n) is 1.48. The molecule has 0 saturated heterocycles. The highest BCUT2D eigenvalue weighted by atomic mass is 31.2. The summed E-state index contributed by atoms with van der Waals surface area (Å²) in [6.45, 7) is 0. The number of amides is 1. The number of carboxylic acid groups (broad SMARTS) is 1. The maximum absolute atomic E-state index is 9.64. The van der Waals surface area contributed by atoms with Crippen LogP contribution < -0.4 is 5.09 Å². The smallest absolute Gasteiger partial charge is 0.432 e. The van der Waals surface area contributed by atoms with Gasteiger partial charge in [0.05, 0.1) is 0 Å². The normalized spacial score (nSPS) is 10.8. The van der Waals surface area contributed by atoms with Crippen LogP contribution in [-0.4, -0.2) is 21.0 Å². The molecule has 0 aromatic carbocycles. The average Bonchev–Trinajstić information content (AvgIpc) is 1.21. The quantitative estimate of drug-likeness (QED) is 0.363. The Bertz CT molecular complexity index is 135. The van der Waals surface area contributed by atoms with Crippen LogP contribution in [0.5, 0.6) is 0 Å². The zero-order valence-corrected chi connectivity index (χ0v) is 4.50. The topological polar surface area (TPSA) is 107 Å². The average molecular weight is 141 g/mol. The molecule has 0 aromatic rings. The molecule has 48 valence electrons. The van der Waals surface area contributed by atoms with Gasteiger partial charge in [-0.15, -0.1) is 0 Å². The van der Waals surface area contributed by atoms with Crippen LogP contribution in [0.3, 0.4) is 0 Å². The van der Waals surface area contributed by atoms with Gasteiger partial charge in [-0.2, -0.15) is 0 Å². The molecule has 0 fully saturated rings. The standard InChI is InChI=1S/CH4NO5P/c3-1(4)2-8(5,6)7/h(H,3,4)(H3,2,5,6,7). The van der Waals surface area contributed by atoms with Crippen molar-refractivity contribution in [3.05, 3.63) is 0 Å². The highest BCUT2D eigenvalue weighted by Gasteiger charge is 2.14. The van der Waals surface area contributed by atoms with Crippen molar-refractivity contribution < 1.29 is 24.3 Å². The first-order chi connectivity index (χ1) is 3.42. The summed E-state index contributed by atoms with van der Waals surface area (Å²) in [7, 11) is -4.57. The Balaban J connectivity index is 3.74. The molecule has 1 amide bonds. The summed E-state index contributed by atoms with van der Waals surface area (Å²) >= 11 is 0. The summed E-state index contributed by atoms with van der Waals surface area (Å²) in [6, 6.07) is 0. The summed E-state index contributed by atoms with van der Waals surface area (Å²) in [4.78, 5) is 25.0. The molecule has 0 saturated carbocycles. The maximum Gasteiger partial charge on any atom is 0.432 e. The molecule has 0 atom stereocenters. The Kier molecular flexibility index (Phi) is 1.97. The Morgan fingerprint density at radius 3 is 1.88 bits per heavy atom. The zero-order valence-electron chi connectivity index (χ0n) is 3.61. The number of hydrogen-bond donors (Lipinski definition) is 4. The van der Waals surface area contributed by atoms with Gasteiger partial charge in [0.15, 0.2) is 0 Å². The van der Waals surface area contributed by atoms with Crippen molar-refractivity contribution in [3.63, 3.8) is 0 Å².